The van der Waals surface area contributed by atoms with Crippen molar-refractivity contribution >= 4 is 11.0 Å². The fourth-order valence-electron chi connectivity index (χ4n) is 3.40. The lowest BCUT2D eigenvalue weighted by molar-refractivity contribution is -0.152. The lowest BCUT2D eigenvalue weighted by Crippen LogP contribution is -2.19. The number of benzene rings is 2. The quantitative estimate of drug-likeness (QED) is 0.485. The van der Waals surface area contributed by atoms with Gasteiger partial charge in [0.1, 0.15) is 13.2 Å². The Bertz CT molecular complexity index is 1310. The van der Waals surface area contributed by atoms with Crippen LogP contribution in [-0.4, -0.2) is 23.0 Å². The SMILES string of the molecule is O=c1c(-c2cnn(-c3ccccc3)c2)c(C(F)(F)F)oc2c3c(ccc12)OCCO3. The van der Waals surface area contributed by atoms with E-state index in [9.17, 15) is 18.0 Å². The molecule has 1 aliphatic rings. The number of hydrogen-bond acceptors (Lipinski definition) is 5. The van der Waals surface area contributed by atoms with Gasteiger partial charge in [-0.05, 0) is 24.3 Å². The van der Waals surface area contributed by atoms with Crippen LogP contribution in [0.5, 0.6) is 11.5 Å². The third-order valence-electron chi connectivity index (χ3n) is 4.72. The lowest BCUT2D eigenvalue weighted by Gasteiger charge is -2.20. The Morgan fingerprint density at radius 2 is 1.77 bits per heavy atom. The average Bonchev–Trinajstić information content (AvgIpc) is 3.23. The van der Waals surface area contributed by atoms with Gasteiger partial charge in [0.05, 0.1) is 22.8 Å². The number of fused-ring (bicyclic) bond motifs is 3. The van der Waals surface area contributed by atoms with Gasteiger partial charge in [0.2, 0.25) is 16.9 Å². The molecule has 0 spiro atoms. The van der Waals surface area contributed by atoms with E-state index in [0.717, 1.165) is 0 Å². The molecule has 9 heteroatoms. The molecule has 0 atom stereocenters. The Hall–Kier alpha value is -3.75. The second kappa shape index (κ2) is 6.65. The maximum absolute atomic E-state index is 13.9. The zero-order valence-electron chi connectivity index (χ0n) is 15.3. The van der Waals surface area contributed by atoms with Gasteiger partial charge in [-0.25, -0.2) is 4.68 Å². The molecule has 5 rings (SSSR count). The molecule has 2 aromatic carbocycles. The fraction of sp³-hybridized carbons (Fsp3) is 0.143. The zero-order valence-corrected chi connectivity index (χ0v) is 15.3. The van der Waals surface area contributed by atoms with Crippen molar-refractivity contribution in [2.45, 2.75) is 6.18 Å². The molecular formula is C21H13F3N2O4. The number of halogens is 3. The Morgan fingerprint density at radius 3 is 2.53 bits per heavy atom. The highest BCUT2D eigenvalue weighted by atomic mass is 19.4. The fourth-order valence-corrected chi connectivity index (χ4v) is 3.40. The van der Waals surface area contributed by atoms with E-state index < -0.39 is 22.9 Å². The van der Waals surface area contributed by atoms with Gasteiger partial charge in [-0.15, -0.1) is 0 Å². The molecule has 0 saturated heterocycles. The van der Waals surface area contributed by atoms with Gasteiger partial charge in [-0.2, -0.15) is 18.3 Å². The molecule has 152 valence electrons. The van der Waals surface area contributed by atoms with E-state index in [1.54, 1.807) is 30.3 Å². The number of hydrogen-bond donors (Lipinski definition) is 0. The van der Waals surface area contributed by atoms with E-state index in [1.807, 2.05) is 0 Å². The predicted octanol–water partition coefficient (Wildman–Crippen LogP) is 4.44. The first-order chi connectivity index (χ1) is 14.4. The van der Waals surface area contributed by atoms with Crippen LogP contribution in [0, 0.1) is 0 Å². The van der Waals surface area contributed by atoms with Crippen molar-refractivity contribution in [1.29, 1.82) is 0 Å². The molecule has 0 bridgehead atoms. The van der Waals surface area contributed by atoms with Crippen LogP contribution in [0.15, 0.2) is 64.1 Å². The molecule has 0 unspecified atom stereocenters. The van der Waals surface area contributed by atoms with Crippen molar-refractivity contribution in [2.24, 2.45) is 0 Å². The molecule has 6 nitrogen and oxygen atoms in total. The summed E-state index contributed by atoms with van der Waals surface area (Å²) in [5.74, 6) is -1.18. The monoisotopic (exact) mass is 414 g/mol. The summed E-state index contributed by atoms with van der Waals surface area (Å²) in [7, 11) is 0. The molecule has 0 N–H and O–H groups in total. The van der Waals surface area contributed by atoms with Crippen LogP contribution < -0.4 is 14.9 Å². The van der Waals surface area contributed by atoms with E-state index in [0.29, 0.717) is 5.69 Å². The second-order valence-electron chi connectivity index (χ2n) is 6.61. The van der Waals surface area contributed by atoms with E-state index in [1.165, 1.54) is 29.2 Å². The van der Waals surface area contributed by atoms with Crippen molar-refractivity contribution in [3.8, 4) is 28.3 Å². The Labute approximate surface area is 167 Å². The van der Waals surface area contributed by atoms with Crippen LogP contribution in [0.25, 0.3) is 27.8 Å². The van der Waals surface area contributed by atoms with Gasteiger partial charge >= 0.3 is 6.18 Å². The highest BCUT2D eigenvalue weighted by molar-refractivity contribution is 5.89. The summed E-state index contributed by atoms with van der Waals surface area (Å²) in [5, 5.41) is 4.07. The molecule has 4 aromatic rings. The van der Waals surface area contributed by atoms with Gasteiger partial charge in [0.15, 0.2) is 11.3 Å². The number of rotatable bonds is 2. The minimum atomic E-state index is -4.91. The molecule has 0 saturated carbocycles. The molecule has 3 heterocycles. The largest absolute Gasteiger partial charge is 0.486 e. The molecule has 2 aromatic heterocycles. The maximum Gasteiger partial charge on any atom is 0.450 e. The number of para-hydroxylation sites is 1. The van der Waals surface area contributed by atoms with E-state index in [2.05, 4.69) is 5.10 Å². The number of aromatic nitrogens is 2. The first-order valence-electron chi connectivity index (χ1n) is 9.00. The number of ether oxygens (including phenoxy) is 2. The minimum Gasteiger partial charge on any atom is -0.486 e. The number of nitrogens with zero attached hydrogens (tertiary/aromatic N) is 2. The van der Waals surface area contributed by atoms with Crippen LogP contribution in [0.1, 0.15) is 5.76 Å². The van der Waals surface area contributed by atoms with Gasteiger partial charge in [-0.3, -0.25) is 4.79 Å². The summed E-state index contributed by atoms with van der Waals surface area (Å²) in [4.78, 5) is 13.1. The van der Waals surface area contributed by atoms with Crippen LogP contribution >= 0.6 is 0 Å². The third-order valence-corrected chi connectivity index (χ3v) is 4.72. The van der Waals surface area contributed by atoms with Gasteiger partial charge in [0.25, 0.3) is 0 Å². The summed E-state index contributed by atoms with van der Waals surface area (Å²) < 4.78 is 59.1. The van der Waals surface area contributed by atoms with E-state index in [4.69, 9.17) is 13.9 Å². The Morgan fingerprint density at radius 1 is 1.00 bits per heavy atom. The Kier molecular flexibility index (Phi) is 4.05. The first kappa shape index (κ1) is 18.3. The van der Waals surface area contributed by atoms with Crippen LogP contribution in [0.2, 0.25) is 0 Å². The smallest absolute Gasteiger partial charge is 0.450 e. The first-order valence-corrected chi connectivity index (χ1v) is 9.00. The van der Waals surface area contributed by atoms with Crippen molar-refractivity contribution in [3.05, 3.63) is 70.8 Å². The molecule has 0 amide bonds. The van der Waals surface area contributed by atoms with Crippen molar-refractivity contribution in [3.63, 3.8) is 0 Å². The normalized spacial score (nSPS) is 13.6. The molecule has 1 aliphatic heterocycles. The maximum atomic E-state index is 13.9. The van der Waals surface area contributed by atoms with Gasteiger partial charge in [0, 0.05) is 11.8 Å². The van der Waals surface area contributed by atoms with E-state index in [-0.39, 0.29) is 41.2 Å². The minimum absolute atomic E-state index is 0.00304. The molecule has 0 aliphatic carbocycles. The second-order valence-corrected chi connectivity index (χ2v) is 6.61. The summed E-state index contributed by atoms with van der Waals surface area (Å²) in [6.07, 6.45) is -2.34. The van der Waals surface area contributed by atoms with Crippen molar-refractivity contribution < 1.29 is 27.1 Å². The standard InChI is InChI=1S/C21H13F3N2O4/c22-21(23,24)20-16(12-10-25-26(11-12)13-4-2-1-3-5-13)17(27)14-6-7-15-19(18(14)30-20)29-9-8-28-15/h1-7,10-11H,8-9H2. The van der Waals surface area contributed by atoms with Gasteiger partial charge < -0.3 is 13.9 Å². The summed E-state index contributed by atoms with van der Waals surface area (Å²) in [6.45, 7) is 0.397. The summed E-state index contributed by atoms with van der Waals surface area (Å²) in [6, 6.07) is 11.7. The topological polar surface area (TPSA) is 66.5 Å². The van der Waals surface area contributed by atoms with Crippen molar-refractivity contribution in [2.75, 3.05) is 13.2 Å². The third kappa shape index (κ3) is 2.90. The molecule has 0 fully saturated rings. The van der Waals surface area contributed by atoms with Crippen LogP contribution in [0.4, 0.5) is 13.2 Å². The summed E-state index contributed by atoms with van der Waals surface area (Å²) >= 11 is 0. The molecule has 0 radical (unpaired) electrons. The highest BCUT2D eigenvalue weighted by Crippen LogP contribution is 2.42. The Balaban J connectivity index is 1.77. The lowest BCUT2D eigenvalue weighted by atomic mass is 10.0. The molecule has 30 heavy (non-hydrogen) atoms. The van der Waals surface area contributed by atoms with Gasteiger partial charge in [-0.1, -0.05) is 18.2 Å². The summed E-state index contributed by atoms with van der Waals surface area (Å²) in [5.41, 5.74) is -1.08. The zero-order chi connectivity index (χ0) is 20.9. The van der Waals surface area contributed by atoms with Crippen LogP contribution in [0.3, 0.4) is 0 Å². The van der Waals surface area contributed by atoms with E-state index >= 15 is 0 Å². The van der Waals surface area contributed by atoms with Crippen molar-refractivity contribution in [1.82, 2.24) is 9.78 Å². The average molecular weight is 414 g/mol. The highest BCUT2D eigenvalue weighted by Gasteiger charge is 2.40. The predicted molar refractivity (Wildman–Crippen MR) is 101 cm³/mol. The van der Waals surface area contributed by atoms with Crippen LogP contribution in [-0.2, 0) is 6.18 Å². The number of alkyl halides is 3. The molecular weight excluding hydrogens is 401 g/mol.